The monoisotopic (exact) mass is 437 g/mol. The van der Waals surface area contributed by atoms with E-state index in [0.717, 1.165) is 7.05 Å². The van der Waals surface area contributed by atoms with Gasteiger partial charge in [0, 0.05) is 19.7 Å². The number of oxime groups is 1. The van der Waals surface area contributed by atoms with Crippen molar-refractivity contribution >= 4 is 5.71 Å². The Morgan fingerprint density at radius 2 is 1.87 bits per heavy atom. The molecule has 3 rings (SSSR count). The summed E-state index contributed by atoms with van der Waals surface area (Å²) >= 11 is 0. The minimum atomic E-state index is -5.07. The van der Waals surface area contributed by atoms with Crippen LogP contribution in [0.5, 0.6) is 0 Å². The average Bonchev–Trinajstić information content (AvgIpc) is 3.25. The lowest BCUT2D eigenvalue weighted by Crippen LogP contribution is -2.44. The Morgan fingerprint density at radius 3 is 2.37 bits per heavy atom. The van der Waals surface area contributed by atoms with E-state index < -0.39 is 42.1 Å². The number of rotatable bonds is 4. The summed E-state index contributed by atoms with van der Waals surface area (Å²) in [6.07, 6.45) is -12.1. The van der Waals surface area contributed by atoms with Gasteiger partial charge in [-0.3, -0.25) is 4.68 Å². The summed E-state index contributed by atoms with van der Waals surface area (Å²) in [7, 11) is 2.26. The smallest absolute Gasteiger partial charge is 0.372 e. The van der Waals surface area contributed by atoms with E-state index in [0.29, 0.717) is 21.9 Å². The van der Waals surface area contributed by atoms with Gasteiger partial charge in [-0.2, -0.15) is 31.4 Å². The zero-order valence-corrected chi connectivity index (χ0v) is 16.0. The quantitative estimate of drug-likeness (QED) is 0.581. The molecule has 0 spiro atoms. The minimum Gasteiger partial charge on any atom is -0.372 e. The van der Waals surface area contributed by atoms with Gasteiger partial charge in [0.2, 0.25) is 0 Å². The Bertz CT molecular complexity index is 983. The number of alkyl halides is 6. The van der Waals surface area contributed by atoms with Crippen molar-refractivity contribution in [3.8, 4) is 0 Å². The maximum atomic E-state index is 14.0. The Morgan fingerprint density at radius 1 is 1.20 bits per heavy atom. The molecule has 0 bridgehead atoms. The molecule has 1 aliphatic rings. The van der Waals surface area contributed by atoms with Crippen molar-refractivity contribution < 1.29 is 41.0 Å². The Labute approximate surface area is 166 Å². The number of aliphatic hydroxyl groups is 1. The molecule has 0 aliphatic carbocycles. The van der Waals surface area contributed by atoms with Gasteiger partial charge in [-0.1, -0.05) is 17.3 Å². The third kappa shape index (κ3) is 3.65. The van der Waals surface area contributed by atoms with E-state index in [2.05, 4.69) is 10.3 Å². The molecule has 0 saturated heterocycles. The molecule has 12 heteroatoms. The minimum absolute atomic E-state index is 0.108. The van der Waals surface area contributed by atoms with E-state index in [1.54, 1.807) is 6.92 Å². The maximum Gasteiger partial charge on any atom is 0.437 e. The van der Waals surface area contributed by atoms with E-state index in [4.69, 9.17) is 9.57 Å². The molecule has 1 N–H and O–H groups in total. The number of aromatic nitrogens is 2. The number of aryl methyl sites for hydroxylation is 2. The molecule has 0 amide bonds. The van der Waals surface area contributed by atoms with Gasteiger partial charge in [-0.25, -0.2) is 0 Å². The molecular formula is C18H17F6N3O3. The summed E-state index contributed by atoms with van der Waals surface area (Å²) in [5.74, 6) is 0. The summed E-state index contributed by atoms with van der Waals surface area (Å²) in [4.78, 5) is 4.76. The number of halogens is 6. The number of benzene rings is 1. The van der Waals surface area contributed by atoms with Gasteiger partial charge < -0.3 is 14.7 Å². The molecule has 164 valence electrons. The van der Waals surface area contributed by atoms with Crippen molar-refractivity contribution in [2.24, 2.45) is 12.2 Å². The molecule has 0 fully saturated rings. The second kappa shape index (κ2) is 7.27. The van der Waals surface area contributed by atoms with Crippen LogP contribution in [0.1, 0.15) is 40.8 Å². The molecule has 1 aromatic carbocycles. The van der Waals surface area contributed by atoms with Crippen LogP contribution in [0.4, 0.5) is 26.3 Å². The molecule has 6 nitrogen and oxygen atoms in total. The fourth-order valence-corrected chi connectivity index (χ4v) is 3.27. The van der Waals surface area contributed by atoms with Crippen molar-refractivity contribution in [1.29, 1.82) is 0 Å². The van der Waals surface area contributed by atoms with Crippen LogP contribution in [0, 0.1) is 6.92 Å². The molecule has 30 heavy (non-hydrogen) atoms. The van der Waals surface area contributed by atoms with Gasteiger partial charge in [-0.05, 0) is 30.2 Å². The lowest BCUT2D eigenvalue weighted by molar-refractivity contribution is -0.278. The Kier molecular flexibility index (Phi) is 5.35. The zero-order valence-electron chi connectivity index (χ0n) is 16.0. The fourth-order valence-electron chi connectivity index (χ4n) is 3.27. The lowest BCUT2D eigenvalue weighted by atomic mass is 9.89. The molecule has 0 radical (unpaired) electrons. The zero-order chi connectivity index (χ0) is 22.5. The van der Waals surface area contributed by atoms with Crippen LogP contribution in [0.25, 0.3) is 0 Å². The average molecular weight is 437 g/mol. The van der Waals surface area contributed by atoms with E-state index in [1.165, 1.54) is 25.3 Å². The van der Waals surface area contributed by atoms with Crippen LogP contribution in [0.3, 0.4) is 0 Å². The number of hydrogen-bond donors (Lipinski definition) is 1. The Hall–Kier alpha value is -2.60. The predicted molar refractivity (Wildman–Crippen MR) is 91.3 cm³/mol. The number of nitrogens with zero attached hydrogens (tertiary/aromatic N) is 3. The van der Waals surface area contributed by atoms with Crippen LogP contribution in [0.15, 0.2) is 29.4 Å². The van der Waals surface area contributed by atoms with Gasteiger partial charge in [0.25, 0.3) is 5.60 Å². The Balaban J connectivity index is 2.00. The first-order valence-electron chi connectivity index (χ1n) is 8.55. The number of hydrogen-bond acceptors (Lipinski definition) is 5. The fraction of sp³-hybridized carbons (Fsp3) is 0.444. The van der Waals surface area contributed by atoms with Crippen molar-refractivity contribution in [1.82, 2.24) is 9.78 Å². The lowest BCUT2D eigenvalue weighted by Gasteiger charge is -2.28. The normalized spacial score (nSPS) is 20.8. The molecule has 1 aromatic heterocycles. The second-order valence-corrected chi connectivity index (χ2v) is 6.83. The molecule has 2 atom stereocenters. The van der Waals surface area contributed by atoms with E-state index >= 15 is 0 Å². The second-order valence-electron chi connectivity index (χ2n) is 6.83. The highest BCUT2D eigenvalue weighted by atomic mass is 19.4. The van der Waals surface area contributed by atoms with Gasteiger partial charge in [-0.15, -0.1) is 0 Å². The number of aliphatic hydroxyl groups excluding tert-OH is 1. The highest BCUT2D eigenvalue weighted by molar-refractivity contribution is 6.02. The van der Waals surface area contributed by atoms with Crippen LogP contribution in [-0.2, 0) is 28.4 Å². The molecule has 1 aliphatic heterocycles. The largest absolute Gasteiger partial charge is 0.437 e. The molecule has 0 saturated carbocycles. The first-order valence-corrected chi connectivity index (χ1v) is 8.55. The molecule has 2 heterocycles. The van der Waals surface area contributed by atoms with Crippen LogP contribution >= 0.6 is 0 Å². The molecule has 2 unspecified atom stereocenters. The van der Waals surface area contributed by atoms with Crippen LogP contribution in [0.2, 0.25) is 0 Å². The van der Waals surface area contributed by atoms with Crippen molar-refractivity contribution in [3.63, 3.8) is 0 Å². The van der Waals surface area contributed by atoms with Gasteiger partial charge >= 0.3 is 12.4 Å². The molecular weight excluding hydrogens is 420 g/mol. The molecule has 2 aromatic rings. The third-order valence-electron chi connectivity index (χ3n) is 4.86. The van der Waals surface area contributed by atoms with E-state index in [-0.39, 0.29) is 11.3 Å². The number of methoxy groups -OCH3 is 1. The van der Waals surface area contributed by atoms with Gasteiger partial charge in [0.1, 0.15) is 0 Å². The summed E-state index contributed by atoms with van der Waals surface area (Å²) in [5.41, 5.74) is -4.31. The first-order chi connectivity index (χ1) is 13.8. The van der Waals surface area contributed by atoms with Crippen molar-refractivity contribution in [2.45, 2.75) is 37.6 Å². The standard InChI is InChI=1S/C18H17F6N3O3/c1-9-6-10(4-5-11(9)15(28)29-3)12-8-16(30-26-12,18(22,23)24)14-7-13(17(19,20)21)25-27(14)2/h4-7,15,28H,8H2,1-3H3. The van der Waals surface area contributed by atoms with E-state index in [1.807, 2.05) is 0 Å². The topological polar surface area (TPSA) is 68.9 Å². The van der Waals surface area contributed by atoms with Crippen molar-refractivity contribution in [2.75, 3.05) is 7.11 Å². The maximum absolute atomic E-state index is 14.0. The van der Waals surface area contributed by atoms with Crippen LogP contribution < -0.4 is 0 Å². The third-order valence-corrected chi connectivity index (χ3v) is 4.86. The number of ether oxygens (including phenoxy) is 1. The van der Waals surface area contributed by atoms with Gasteiger partial charge in [0.15, 0.2) is 12.0 Å². The summed E-state index contributed by atoms with van der Waals surface area (Å²) in [6.45, 7) is 1.62. The van der Waals surface area contributed by atoms with E-state index in [9.17, 15) is 31.4 Å². The predicted octanol–water partition coefficient (Wildman–Crippen LogP) is 3.97. The summed E-state index contributed by atoms with van der Waals surface area (Å²) in [5, 5.41) is 16.5. The summed E-state index contributed by atoms with van der Waals surface area (Å²) < 4.78 is 86.2. The van der Waals surface area contributed by atoms with Crippen molar-refractivity contribution in [3.05, 3.63) is 52.3 Å². The SMILES string of the molecule is COC(O)c1ccc(C2=NOC(c3cc(C(F)(F)F)nn3C)(C(F)(F)F)C2)cc1C. The van der Waals surface area contributed by atoms with Gasteiger partial charge in [0.05, 0.1) is 17.8 Å². The first kappa shape index (κ1) is 22.1. The summed E-state index contributed by atoms with van der Waals surface area (Å²) in [6, 6.07) is 4.68. The highest BCUT2D eigenvalue weighted by Crippen LogP contribution is 2.49. The highest BCUT2D eigenvalue weighted by Gasteiger charge is 2.64. The van der Waals surface area contributed by atoms with Crippen LogP contribution in [-0.4, -0.2) is 33.9 Å².